The Kier molecular flexibility index (Phi) is 5.50. The third-order valence-corrected chi connectivity index (χ3v) is 7.37. The predicted molar refractivity (Wildman–Crippen MR) is 133 cm³/mol. The molecule has 1 amide bonds. The van der Waals surface area contributed by atoms with Gasteiger partial charge in [0.25, 0.3) is 5.91 Å². The van der Waals surface area contributed by atoms with Crippen molar-refractivity contribution < 1.29 is 13.2 Å². The minimum Gasteiger partial charge on any atom is -0.307 e. The Morgan fingerprint density at radius 3 is 2.43 bits per heavy atom. The van der Waals surface area contributed by atoms with Gasteiger partial charge in [-0.3, -0.25) is 4.79 Å². The van der Waals surface area contributed by atoms with Crippen LogP contribution in [0.5, 0.6) is 0 Å². The number of amides is 1. The highest BCUT2D eigenvalue weighted by Gasteiger charge is 2.32. The first-order valence-corrected chi connectivity index (χ1v) is 13.0. The van der Waals surface area contributed by atoms with Crippen LogP contribution in [0.2, 0.25) is 0 Å². The van der Waals surface area contributed by atoms with E-state index in [1.165, 1.54) is 6.26 Å². The van der Waals surface area contributed by atoms with E-state index in [4.69, 9.17) is 0 Å². The number of fused-ring (bicyclic) bond motifs is 1. The lowest BCUT2D eigenvalue weighted by atomic mass is 10.0. The van der Waals surface area contributed by atoms with Crippen LogP contribution in [0.15, 0.2) is 77.7 Å². The first-order valence-electron chi connectivity index (χ1n) is 11.1. The van der Waals surface area contributed by atoms with Gasteiger partial charge in [-0.15, -0.1) is 0 Å². The molecule has 1 aliphatic rings. The summed E-state index contributed by atoms with van der Waals surface area (Å²) in [5, 5.41) is 13.9. The molecule has 0 unspecified atom stereocenters. The summed E-state index contributed by atoms with van der Waals surface area (Å²) < 4.78 is 26.0. The van der Waals surface area contributed by atoms with Crippen molar-refractivity contribution in [2.75, 3.05) is 17.7 Å². The molecule has 0 aliphatic carbocycles. The second-order valence-corrected chi connectivity index (χ2v) is 10.5. The summed E-state index contributed by atoms with van der Waals surface area (Å²) in [6.07, 6.45) is 1.85. The Morgan fingerprint density at radius 2 is 1.71 bits per heavy atom. The molecular formula is C27H22N4O3S. The molecule has 5 rings (SSSR count). The number of nitrogens with zero attached hydrogens (tertiary/aromatic N) is 4. The van der Waals surface area contributed by atoms with Crippen LogP contribution in [0.25, 0.3) is 16.8 Å². The normalized spacial score (nSPS) is 13.4. The van der Waals surface area contributed by atoms with Gasteiger partial charge in [-0.05, 0) is 55.3 Å². The lowest BCUT2D eigenvalue weighted by Gasteiger charge is -2.28. The third-order valence-electron chi connectivity index (χ3n) is 6.21. The maximum Gasteiger partial charge on any atom is 0.277 e. The molecule has 7 nitrogen and oxygen atoms in total. The van der Waals surface area contributed by atoms with Crippen molar-refractivity contribution in [2.24, 2.45) is 0 Å². The SMILES string of the molecule is Cc1nn(-c2cccc(C#N)c2)c2c1CCN(c1ccc(-c3ccccc3S(C)(=O)=O)cc1)C2=O. The van der Waals surface area contributed by atoms with Crippen LogP contribution in [0.1, 0.15) is 27.3 Å². The van der Waals surface area contributed by atoms with Gasteiger partial charge in [0.1, 0.15) is 5.69 Å². The van der Waals surface area contributed by atoms with Gasteiger partial charge in [-0.2, -0.15) is 10.4 Å². The Morgan fingerprint density at radius 1 is 0.971 bits per heavy atom. The summed E-state index contributed by atoms with van der Waals surface area (Å²) in [7, 11) is -3.38. The minimum atomic E-state index is -3.38. The van der Waals surface area contributed by atoms with Gasteiger partial charge in [0.15, 0.2) is 9.84 Å². The number of benzene rings is 3. The predicted octanol–water partition coefficient (Wildman–Crippen LogP) is 4.33. The number of rotatable bonds is 4. The molecule has 0 N–H and O–H groups in total. The molecule has 2 heterocycles. The number of hydrogen-bond donors (Lipinski definition) is 0. The van der Waals surface area contributed by atoms with Crippen LogP contribution in [-0.2, 0) is 16.3 Å². The van der Waals surface area contributed by atoms with Crippen LogP contribution < -0.4 is 4.90 Å². The van der Waals surface area contributed by atoms with Crippen molar-refractivity contribution in [2.45, 2.75) is 18.2 Å². The van der Waals surface area contributed by atoms with Crippen molar-refractivity contribution in [3.05, 3.63) is 95.3 Å². The number of anilines is 1. The van der Waals surface area contributed by atoms with Crippen LogP contribution >= 0.6 is 0 Å². The summed E-state index contributed by atoms with van der Waals surface area (Å²) in [5.41, 5.74) is 5.46. The average molecular weight is 483 g/mol. The maximum atomic E-state index is 13.6. The Balaban J connectivity index is 1.51. The lowest BCUT2D eigenvalue weighted by molar-refractivity contribution is 0.0973. The Labute approximate surface area is 203 Å². The topological polar surface area (TPSA) is 96.1 Å². The highest BCUT2D eigenvalue weighted by molar-refractivity contribution is 7.90. The molecule has 8 heteroatoms. The van der Waals surface area contributed by atoms with Crippen LogP contribution in [-0.4, -0.2) is 36.9 Å². The van der Waals surface area contributed by atoms with Gasteiger partial charge in [0, 0.05) is 29.6 Å². The Hall–Kier alpha value is -4.22. The van der Waals surface area contributed by atoms with Crippen molar-refractivity contribution >= 4 is 21.4 Å². The molecule has 174 valence electrons. The van der Waals surface area contributed by atoms with Gasteiger partial charge in [0.05, 0.1) is 27.9 Å². The molecular weight excluding hydrogens is 460 g/mol. The van der Waals surface area contributed by atoms with Crippen molar-refractivity contribution in [3.8, 4) is 22.9 Å². The van der Waals surface area contributed by atoms with Crippen LogP contribution in [0.4, 0.5) is 5.69 Å². The summed E-state index contributed by atoms with van der Waals surface area (Å²) >= 11 is 0. The molecule has 3 aromatic carbocycles. The molecule has 0 radical (unpaired) electrons. The maximum absolute atomic E-state index is 13.6. The molecule has 0 atom stereocenters. The highest BCUT2D eigenvalue weighted by atomic mass is 32.2. The molecule has 0 fully saturated rings. The van der Waals surface area contributed by atoms with E-state index in [2.05, 4.69) is 11.2 Å². The summed E-state index contributed by atoms with van der Waals surface area (Å²) in [6.45, 7) is 2.40. The zero-order valence-electron chi connectivity index (χ0n) is 19.3. The van der Waals surface area contributed by atoms with Crippen molar-refractivity contribution in [1.82, 2.24) is 9.78 Å². The number of carbonyl (C=O) groups is 1. The highest BCUT2D eigenvalue weighted by Crippen LogP contribution is 2.32. The number of hydrogen-bond acceptors (Lipinski definition) is 5. The minimum absolute atomic E-state index is 0.168. The van der Waals surface area contributed by atoms with E-state index < -0.39 is 9.84 Å². The molecule has 4 aromatic rings. The number of aryl methyl sites for hydroxylation is 1. The zero-order chi connectivity index (χ0) is 24.7. The van der Waals surface area contributed by atoms with Crippen LogP contribution in [0.3, 0.4) is 0 Å². The molecule has 35 heavy (non-hydrogen) atoms. The van der Waals surface area contributed by atoms with E-state index in [9.17, 15) is 18.5 Å². The summed E-state index contributed by atoms with van der Waals surface area (Å²) in [6, 6.07) is 23.4. The fourth-order valence-electron chi connectivity index (χ4n) is 4.52. The molecule has 0 saturated carbocycles. The fraction of sp³-hybridized carbons (Fsp3) is 0.148. The smallest absolute Gasteiger partial charge is 0.277 e. The molecule has 0 saturated heterocycles. The fourth-order valence-corrected chi connectivity index (χ4v) is 5.43. The second kappa shape index (κ2) is 8.53. The zero-order valence-corrected chi connectivity index (χ0v) is 20.1. The van der Waals surface area contributed by atoms with E-state index in [0.717, 1.165) is 22.5 Å². The van der Waals surface area contributed by atoms with E-state index in [0.29, 0.717) is 35.5 Å². The van der Waals surface area contributed by atoms with Gasteiger partial charge >= 0.3 is 0 Å². The standard InChI is InChI=1S/C27H22N4O3S/c1-18-23-14-15-30(27(32)26(23)31(29-18)22-7-5-6-19(16-22)17-28)21-12-10-20(11-13-21)24-8-3-4-9-25(24)35(2,33)34/h3-13,16H,14-15H2,1-2H3. The molecule has 0 spiro atoms. The van der Waals surface area contributed by atoms with E-state index in [1.54, 1.807) is 52.0 Å². The lowest BCUT2D eigenvalue weighted by Crippen LogP contribution is -2.38. The number of aromatic nitrogens is 2. The van der Waals surface area contributed by atoms with Gasteiger partial charge in [0.2, 0.25) is 0 Å². The molecule has 1 aromatic heterocycles. The molecule has 1 aliphatic heterocycles. The number of nitriles is 1. The number of carbonyl (C=O) groups excluding carboxylic acids is 1. The van der Waals surface area contributed by atoms with E-state index >= 15 is 0 Å². The number of sulfone groups is 1. The largest absolute Gasteiger partial charge is 0.307 e. The summed E-state index contributed by atoms with van der Waals surface area (Å²) in [4.78, 5) is 15.6. The van der Waals surface area contributed by atoms with Crippen LogP contribution in [0, 0.1) is 18.3 Å². The van der Waals surface area contributed by atoms with Crippen molar-refractivity contribution in [1.29, 1.82) is 5.26 Å². The Bertz CT molecular complexity index is 1610. The average Bonchev–Trinajstić information content (AvgIpc) is 3.21. The second-order valence-electron chi connectivity index (χ2n) is 8.51. The van der Waals surface area contributed by atoms with E-state index in [-0.39, 0.29) is 10.8 Å². The quantitative estimate of drug-likeness (QED) is 0.432. The molecule has 0 bridgehead atoms. The van der Waals surface area contributed by atoms with Crippen molar-refractivity contribution in [3.63, 3.8) is 0 Å². The van der Waals surface area contributed by atoms with Gasteiger partial charge in [-0.1, -0.05) is 36.4 Å². The van der Waals surface area contributed by atoms with Gasteiger partial charge in [-0.25, -0.2) is 13.1 Å². The van der Waals surface area contributed by atoms with Gasteiger partial charge < -0.3 is 4.90 Å². The van der Waals surface area contributed by atoms with E-state index in [1.807, 2.05) is 37.3 Å². The monoisotopic (exact) mass is 482 g/mol. The first kappa shape index (κ1) is 22.6. The first-order chi connectivity index (χ1) is 16.8. The third kappa shape index (κ3) is 4.00. The summed E-state index contributed by atoms with van der Waals surface area (Å²) in [5.74, 6) is -0.168.